The average Bonchev–Trinajstić information content (AvgIpc) is 2.62. The molecule has 0 aliphatic carbocycles. The maximum atomic E-state index is 12.3. The Morgan fingerprint density at radius 2 is 1.95 bits per heavy atom. The first-order valence-electron chi connectivity index (χ1n) is 6.16. The predicted molar refractivity (Wildman–Crippen MR) is 75.6 cm³/mol. The largest absolute Gasteiger partial charge is 0.477 e. The van der Waals surface area contributed by atoms with Crippen LogP contribution >= 0.6 is 0 Å². The maximum absolute atomic E-state index is 12.3. The van der Waals surface area contributed by atoms with E-state index in [9.17, 15) is 13.2 Å². The van der Waals surface area contributed by atoms with Crippen molar-refractivity contribution in [3.8, 4) is 0 Å². The summed E-state index contributed by atoms with van der Waals surface area (Å²) in [4.78, 5) is 15.5. The van der Waals surface area contributed by atoms with Crippen LogP contribution in [0.25, 0.3) is 0 Å². The van der Waals surface area contributed by atoms with E-state index in [4.69, 9.17) is 5.11 Å². The Morgan fingerprint density at radius 1 is 1.40 bits per heavy atom. The van der Waals surface area contributed by atoms with Crippen LogP contribution in [0.15, 0.2) is 4.90 Å². The zero-order valence-corrected chi connectivity index (χ0v) is 13.1. The summed E-state index contributed by atoms with van der Waals surface area (Å²) in [6, 6.07) is 0.0308. The molecule has 0 radical (unpaired) electrons. The molecule has 0 spiro atoms. The van der Waals surface area contributed by atoms with E-state index in [0.29, 0.717) is 5.69 Å². The van der Waals surface area contributed by atoms with Gasteiger partial charge in [-0.25, -0.2) is 17.9 Å². The molecule has 20 heavy (non-hydrogen) atoms. The lowest BCUT2D eigenvalue weighted by Crippen LogP contribution is -2.38. The Bertz CT molecular complexity index is 604. The van der Waals surface area contributed by atoms with Crippen LogP contribution in [0.5, 0.6) is 0 Å². The number of H-pyrrole nitrogens is 1. The second-order valence-electron chi connectivity index (χ2n) is 5.05. The lowest BCUT2D eigenvalue weighted by Gasteiger charge is -2.20. The number of carboxylic acids is 1. The summed E-state index contributed by atoms with van der Waals surface area (Å²) in [5.41, 5.74) is 0.452. The monoisotopic (exact) mass is 303 g/mol. The fraction of sp³-hybridized carbons (Fsp3) is 0.583. The molecule has 0 aromatic carbocycles. The van der Waals surface area contributed by atoms with Crippen LogP contribution in [0.1, 0.15) is 28.7 Å². The van der Waals surface area contributed by atoms with Crippen LogP contribution in [-0.4, -0.2) is 56.1 Å². The van der Waals surface area contributed by atoms with Gasteiger partial charge in [-0.2, -0.15) is 0 Å². The van der Waals surface area contributed by atoms with Crippen molar-refractivity contribution >= 4 is 16.0 Å². The number of aromatic nitrogens is 1. The molecule has 0 bridgehead atoms. The van der Waals surface area contributed by atoms with Gasteiger partial charge < -0.3 is 15.0 Å². The van der Waals surface area contributed by atoms with Gasteiger partial charge >= 0.3 is 5.97 Å². The summed E-state index contributed by atoms with van der Waals surface area (Å²) >= 11 is 0. The molecule has 1 unspecified atom stereocenters. The summed E-state index contributed by atoms with van der Waals surface area (Å²) in [6.07, 6.45) is 0. The summed E-state index contributed by atoms with van der Waals surface area (Å²) in [7, 11) is -0.0232. The van der Waals surface area contributed by atoms with Crippen molar-refractivity contribution in [3.05, 3.63) is 17.0 Å². The van der Waals surface area contributed by atoms with E-state index in [1.807, 2.05) is 25.9 Å². The van der Waals surface area contributed by atoms with Gasteiger partial charge in [-0.1, -0.05) is 0 Å². The number of aromatic amines is 1. The zero-order chi connectivity index (χ0) is 15.7. The minimum absolute atomic E-state index is 0.0147. The van der Waals surface area contributed by atoms with Crippen molar-refractivity contribution in [3.63, 3.8) is 0 Å². The molecule has 3 N–H and O–H groups in total. The first-order valence-corrected chi connectivity index (χ1v) is 7.64. The Labute approximate surface area is 119 Å². The van der Waals surface area contributed by atoms with Gasteiger partial charge in [0.1, 0.15) is 10.6 Å². The van der Waals surface area contributed by atoms with Crippen LogP contribution in [0.3, 0.4) is 0 Å². The number of nitrogens with zero attached hydrogens (tertiary/aromatic N) is 1. The zero-order valence-electron chi connectivity index (χ0n) is 12.3. The second kappa shape index (κ2) is 5.94. The number of aryl methyl sites for hydroxylation is 1. The molecule has 0 amide bonds. The van der Waals surface area contributed by atoms with Gasteiger partial charge in [-0.05, 0) is 34.9 Å². The van der Waals surface area contributed by atoms with E-state index in [0.717, 1.165) is 0 Å². The van der Waals surface area contributed by atoms with Gasteiger partial charge in [0.25, 0.3) is 0 Å². The normalized spacial score (nSPS) is 13.7. The van der Waals surface area contributed by atoms with Gasteiger partial charge in [-0.15, -0.1) is 0 Å². The number of carboxylic acid groups (broad SMARTS) is 1. The molecule has 0 fully saturated rings. The van der Waals surface area contributed by atoms with Gasteiger partial charge in [0.05, 0.1) is 0 Å². The highest BCUT2D eigenvalue weighted by Gasteiger charge is 2.26. The van der Waals surface area contributed by atoms with Crippen LogP contribution in [0, 0.1) is 13.8 Å². The Morgan fingerprint density at radius 3 is 2.35 bits per heavy atom. The molecule has 0 saturated carbocycles. The number of carbonyl (C=O) groups is 1. The number of hydrogen-bond donors (Lipinski definition) is 3. The van der Waals surface area contributed by atoms with E-state index < -0.39 is 16.0 Å². The minimum Gasteiger partial charge on any atom is -0.477 e. The molecule has 1 atom stereocenters. The van der Waals surface area contributed by atoms with Gasteiger partial charge in [-0.3, -0.25) is 0 Å². The molecular formula is C12H21N3O4S. The lowest BCUT2D eigenvalue weighted by molar-refractivity contribution is 0.0690. The maximum Gasteiger partial charge on any atom is 0.352 e. The number of likely N-dealkylation sites (N-methyl/N-ethyl adjacent to an activating group) is 1. The summed E-state index contributed by atoms with van der Waals surface area (Å²) in [6.45, 7) is 5.17. The standard InChI is InChI=1S/C12H21N3O4S/c1-7(15(4)5)6-13-20(18,19)11-8(2)10(12(16)17)14-9(11)3/h7,13-14H,6H2,1-5H3,(H,16,17). The predicted octanol–water partition coefficient (Wildman–Crippen LogP) is 0.558. The number of aromatic carboxylic acids is 1. The summed E-state index contributed by atoms with van der Waals surface area (Å²) in [5, 5.41) is 9.01. The SMILES string of the molecule is Cc1[nH]c(C(=O)O)c(C)c1S(=O)(=O)NCC(C)N(C)C. The van der Waals surface area contributed by atoms with Crippen LogP contribution in [0.2, 0.25) is 0 Å². The summed E-state index contributed by atoms with van der Waals surface area (Å²) in [5.74, 6) is -1.17. The molecule has 0 aliphatic rings. The molecule has 7 nitrogen and oxygen atoms in total. The molecule has 8 heteroatoms. The van der Waals surface area contributed by atoms with Gasteiger partial charge in [0.2, 0.25) is 10.0 Å². The lowest BCUT2D eigenvalue weighted by atomic mass is 10.2. The number of nitrogens with one attached hydrogen (secondary N) is 2. The smallest absolute Gasteiger partial charge is 0.352 e. The quantitative estimate of drug-likeness (QED) is 0.712. The molecule has 0 saturated heterocycles. The fourth-order valence-electron chi connectivity index (χ4n) is 1.83. The molecule has 1 aromatic heterocycles. The Balaban J connectivity index is 3.08. The highest BCUT2D eigenvalue weighted by atomic mass is 32.2. The molecular weight excluding hydrogens is 282 g/mol. The third-order valence-corrected chi connectivity index (χ3v) is 5.00. The third-order valence-electron chi connectivity index (χ3n) is 3.30. The number of sulfonamides is 1. The molecule has 1 rings (SSSR count). The Hall–Kier alpha value is -1.38. The fourth-order valence-corrected chi connectivity index (χ4v) is 3.40. The van der Waals surface area contributed by atoms with E-state index in [1.54, 1.807) is 6.92 Å². The van der Waals surface area contributed by atoms with Gasteiger partial charge in [0.15, 0.2) is 0 Å². The first kappa shape index (κ1) is 16.7. The molecule has 114 valence electrons. The van der Waals surface area contributed by atoms with E-state index in [-0.39, 0.29) is 28.7 Å². The van der Waals surface area contributed by atoms with Crippen molar-refractivity contribution in [1.82, 2.24) is 14.6 Å². The van der Waals surface area contributed by atoms with Crippen molar-refractivity contribution in [2.75, 3.05) is 20.6 Å². The molecule has 1 aromatic rings. The van der Waals surface area contributed by atoms with Crippen molar-refractivity contribution in [2.45, 2.75) is 31.7 Å². The van der Waals surface area contributed by atoms with Crippen molar-refractivity contribution < 1.29 is 18.3 Å². The Kier molecular flexibility index (Phi) is 4.95. The van der Waals surface area contributed by atoms with Crippen LogP contribution in [-0.2, 0) is 10.0 Å². The van der Waals surface area contributed by atoms with Crippen molar-refractivity contribution in [1.29, 1.82) is 0 Å². The van der Waals surface area contributed by atoms with Gasteiger partial charge in [0, 0.05) is 23.8 Å². The first-order chi connectivity index (χ1) is 9.08. The topological polar surface area (TPSA) is 102 Å². The minimum atomic E-state index is -3.73. The average molecular weight is 303 g/mol. The van der Waals surface area contributed by atoms with Crippen molar-refractivity contribution in [2.24, 2.45) is 0 Å². The summed E-state index contributed by atoms with van der Waals surface area (Å²) < 4.78 is 27.1. The highest BCUT2D eigenvalue weighted by molar-refractivity contribution is 7.89. The number of rotatable bonds is 6. The van der Waals surface area contributed by atoms with Crippen LogP contribution < -0.4 is 4.72 Å². The van der Waals surface area contributed by atoms with E-state index in [2.05, 4.69) is 9.71 Å². The molecule has 1 heterocycles. The van der Waals surface area contributed by atoms with E-state index in [1.165, 1.54) is 6.92 Å². The molecule has 0 aliphatic heterocycles. The second-order valence-corrected chi connectivity index (χ2v) is 6.75. The highest BCUT2D eigenvalue weighted by Crippen LogP contribution is 2.22. The number of hydrogen-bond acceptors (Lipinski definition) is 4. The van der Waals surface area contributed by atoms with Crippen LogP contribution in [0.4, 0.5) is 0 Å². The third kappa shape index (κ3) is 3.38. The van der Waals surface area contributed by atoms with E-state index >= 15 is 0 Å².